The molecule has 3 N–H and O–H groups in total. The number of para-hydroxylation sites is 1. The van der Waals surface area contributed by atoms with Crippen LogP contribution in [0.4, 0.5) is 4.39 Å². The molecule has 0 fully saturated rings. The Kier molecular flexibility index (Phi) is 7.75. The number of rotatable bonds is 9. The summed E-state index contributed by atoms with van der Waals surface area (Å²) >= 11 is 0. The van der Waals surface area contributed by atoms with E-state index in [-0.39, 0.29) is 12.8 Å². The second kappa shape index (κ2) is 11.3. The van der Waals surface area contributed by atoms with Crippen LogP contribution in [0.1, 0.15) is 21.5 Å². The van der Waals surface area contributed by atoms with Crippen LogP contribution in [-0.4, -0.2) is 42.0 Å². The molecule has 36 heavy (non-hydrogen) atoms. The quantitative estimate of drug-likeness (QED) is 0.315. The summed E-state index contributed by atoms with van der Waals surface area (Å²) in [6.45, 7) is 0. The monoisotopic (exact) mass is 487 g/mol. The van der Waals surface area contributed by atoms with E-state index in [1.54, 1.807) is 36.5 Å². The molecule has 1 heterocycles. The summed E-state index contributed by atoms with van der Waals surface area (Å²) in [6.07, 6.45) is 2.10. The molecule has 0 saturated carbocycles. The van der Waals surface area contributed by atoms with Gasteiger partial charge in [0.15, 0.2) is 0 Å². The zero-order valence-electron chi connectivity index (χ0n) is 19.7. The number of nitrogens with one attached hydrogen (secondary N) is 3. The van der Waals surface area contributed by atoms with Crippen molar-refractivity contribution < 1.29 is 23.5 Å². The number of hydrogen-bond donors (Lipinski definition) is 3. The summed E-state index contributed by atoms with van der Waals surface area (Å²) in [5, 5.41) is 6.45. The van der Waals surface area contributed by atoms with Crippen molar-refractivity contribution in [1.82, 2.24) is 15.6 Å². The first-order valence-corrected chi connectivity index (χ1v) is 11.5. The van der Waals surface area contributed by atoms with Gasteiger partial charge in [0.05, 0.1) is 7.11 Å². The lowest BCUT2D eigenvalue weighted by molar-refractivity contribution is -0.145. The molecule has 184 valence electrons. The molecule has 2 atom stereocenters. The van der Waals surface area contributed by atoms with Crippen LogP contribution >= 0.6 is 0 Å². The van der Waals surface area contributed by atoms with Crippen LogP contribution in [0.3, 0.4) is 0 Å². The van der Waals surface area contributed by atoms with Crippen LogP contribution in [0, 0.1) is 5.82 Å². The van der Waals surface area contributed by atoms with E-state index in [2.05, 4.69) is 15.6 Å². The number of benzene rings is 3. The highest BCUT2D eigenvalue weighted by Crippen LogP contribution is 2.19. The highest BCUT2D eigenvalue weighted by Gasteiger charge is 2.28. The molecule has 1 aromatic heterocycles. The Labute approximate surface area is 207 Å². The maximum absolute atomic E-state index is 13.4. The Morgan fingerprint density at radius 2 is 1.56 bits per heavy atom. The van der Waals surface area contributed by atoms with Gasteiger partial charge in [-0.05, 0) is 41.5 Å². The minimum absolute atomic E-state index is 0.102. The van der Waals surface area contributed by atoms with E-state index < -0.39 is 35.7 Å². The number of amides is 2. The van der Waals surface area contributed by atoms with E-state index in [4.69, 9.17) is 4.74 Å². The Balaban J connectivity index is 1.58. The van der Waals surface area contributed by atoms with Crippen molar-refractivity contribution in [1.29, 1.82) is 0 Å². The first-order valence-electron chi connectivity index (χ1n) is 11.5. The van der Waals surface area contributed by atoms with Crippen molar-refractivity contribution >= 4 is 28.7 Å². The fraction of sp³-hybridized carbons (Fsp3) is 0.179. The largest absolute Gasteiger partial charge is 0.467 e. The number of hydrogen-bond acceptors (Lipinski definition) is 4. The molecule has 0 bridgehead atoms. The van der Waals surface area contributed by atoms with Crippen molar-refractivity contribution in [2.24, 2.45) is 0 Å². The van der Waals surface area contributed by atoms with Gasteiger partial charge in [-0.3, -0.25) is 9.59 Å². The van der Waals surface area contributed by atoms with E-state index >= 15 is 0 Å². The molecule has 0 aliphatic rings. The van der Waals surface area contributed by atoms with Gasteiger partial charge in [-0.15, -0.1) is 0 Å². The van der Waals surface area contributed by atoms with Gasteiger partial charge in [0.2, 0.25) is 5.91 Å². The number of fused-ring (bicyclic) bond motifs is 1. The molecule has 8 heteroatoms. The third kappa shape index (κ3) is 5.96. The fourth-order valence-corrected chi connectivity index (χ4v) is 4.02. The first kappa shape index (κ1) is 24.7. The van der Waals surface area contributed by atoms with Crippen molar-refractivity contribution in [2.75, 3.05) is 7.11 Å². The van der Waals surface area contributed by atoms with Crippen LogP contribution in [0.2, 0.25) is 0 Å². The molecule has 4 rings (SSSR count). The lowest BCUT2D eigenvalue weighted by Gasteiger charge is -2.22. The Morgan fingerprint density at radius 3 is 2.28 bits per heavy atom. The van der Waals surface area contributed by atoms with Gasteiger partial charge < -0.3 is 20.4 Å². The predicted octanol–water partition coefficient (Wildman–Crippen LogP) is 3.55. The lowest BCUT2D eigenvalue weighted by Crippen LogP contribution is -2.53. The van der Waals surface area contributed by atoms with Gasteiger partial charge >= 0.3 is 5.97 Å². The molecule has 0 aliphatic heterocycles. The fourth-order valence-electron chi connectivity index (χ4n) is 4.02. The smallest absolute Gasteiger partial charge is 0.328 e. The predicted molar refractivity (Wildman–Crippen MR) is 134 cm³/mol. The van der Waals surface area contributed by atoms with E-state index in [0.717, 1.165) is 16.5 Å². The Hall–Kier alpha value is -4.46. The Morgan fingerprint density at radius 1 is 0.861 bits per heavy atom. The summed E-state index contributed by atoms with van der Waals surface area (Å²) in [5.41, 5.74) is 2.80. The van der Waals surface area contributed by atoms with Gasteiger partial charge in [0.25, 0.3) is 5.91 Å². The van der Waals surface area contributed by atoms with Gasteiger partial charge in [0, 0.05) is 35.5 Å². The summed E-state index contributed by atoms with van der Waals surface area (Å²) in [5.74, 6) is -2.00. The Bertz CT molecular complexity index is 1350. The van der Waals surface area contributed by atoms with Crippen molar-refractivity contribution in [2.45, 2.75) is 24.9 Å². The van der Waals surface area contributed by atoms with Crippen LogP contribution in [0.15, 0.2) is 85.1 Å². The number of H-pyrrole nitrogens is 1. The minimum Gasteiger partial charge on any atom is -0.467 e. The van der Waals surface area contributed by atoms with Crippen molar-refractivity contribution in [3.05, 3.63) is 108 Å². The number of ether oxygens (including phenoxy) is 1. The average Bonchev–Trinajstić information content (AvgIpc) is 3.31. The summed E-state index contributed by atoms with van der Waals surface area (Å²) < 4.78 is 18.2. The lowest BCUT2D eigenvalue weighted by atomic mass is 10.0. The maximum Gasteiger partial charge on any atom is 0.328 e. The van der Waals surface area contributed by atoms with Gasteiger partial charge in [-0.25, -0.2) is 9.18 Å². The van der Waals surface area contributed by atoms with Crippen LogP contribution in [0.25, 0.3) is 10.9 Å². The molecule has 0 radical (unpaired) electrons. The molecule has 0 saturated heterocycles. The molecule has 0 spiro atoms. The third-order valence-corrected chi connectivity index (χ3v) is 5.91. The molecule has 4 aromatic rings. The van der Waals surface area contributed by atoms with Crippen LogP contribution in [0.5, 0.6) is 0 Å². The van der Waals surface area contributed by atoms with Crippen molar-refractivity contribution in [3.8, 4) is 0 Å². The molecule has 3 aromatic carbocycles. The van der Waals surface area contributed by atoms with Crippen LogP contribution < -0.4 is 10.6 Å². The van der Waals surface area contributed by atoms with E-state index in [1.165, 1.54) is 31.4 Å². The number of aromatic nitrogens is 1. The SMILES string of the molecule is COC(=O)[C@@H](Cc1ccc(F)cc1)NC(=O)[C@H](Cc1c[nH]c2ccccc12)NC(=O)c1ccccc1. The number of aromatic amines is 1. The summed E-state index contributed by atoms with van der Waals surface area (Å²) in [6, 6.07) is 19.9. The first-order chi connectivity index (χ1) is 17.4. The number of esters is 1. The average molecular weight is 488 g/mol. The maximum atomic E-state index is 13.4. The third-order valence-electron chi connectivity index (χ3n) is 5.91. The van der Waals surface area contributed by atoms with E-state index in [1.807, 2.05) is 24.3 Å². The molecular weight excluding hydrogens is 461 g/mol. The zero-order valence-corrected chi connectivity index (χ0v) is 19.7. The second-order valence-corrected chi connectivity index (χ2v) is 8.37. The highest BCUT2D eigenvalue weighted by molar-refractivity contribution is 5.98. The molecule has 0 aliphatic carbocycles. The normalized spacial score (nSPS) is 12.5. The van der Waals surface area contributed by atoms with Gasteiger partial charge in [-0.1, -0.05) is 48.5 Å². The number of methoxy groups -OCH3 is 1. The summed E-state index contributed by atoms with van der Waals surface area (Å²) in [7, 11) is 1.23. The number of carbonyl (C=O) groups excluding carboxylic acids is 3. The molecule has 7 nitrogen and oxygen atoms in total. The van der Waals surface area contributed by atoms with Gasteiger partial charge in [-0.2, -0.15) is 0 Å². The molecule has 0 unspecified atom stereocenters. The van der Waals surface area contributed by atoms with Crippen molar-refractivity contribution in [3.63, 3.8) is 0 Å². The van der Waals surface area contributed by atoms with E-state index in [0.29, 0.717) is 11.1 Å². The molecule has 2 amide bonds. The minimum atomic E-state index is -1.02. The second-order valence-electron chi connectivity index (χ2n) is 8.37. The van der Waals surface area contributed by atoms with Crippen LogP contribution in [-0.2, 0) is 27.2 Å². The van der Waals surface area contributed by atoms with Gasteiger partial charge in [0.1, 0.15) is 17.9 Å². The number of carbonyl (C=O) groups is 3. The highest BCUT2D eigenvalue weighted by atomic mass is 19.1. The zero-order chi connectivity index (χ0) is 25.5. The topological polar surface area (TPSA) is 100 Å². The molecular formula is C28H26FN3O4. The number of halogens is 1. The summed E-state index contributed by atoms with van der Waals surface area (Å²) in [4.78, 5) is 42.0. The standard InChI is InChI=1S/C28H26FN3O4/c1-36-28(35)25(15-18-11-13-21(29)14-12-18)32-27(34)24(31-26(33)19-7-3-2-4-8-19)16-20-17-30-23-10-6-5-9-22(20)23/h2-14,17,24-25,30H,15-16H2,1H3,(H,31,33)(H,32,34)/t24-,25+/m0/s1. The van der Waals surface area contributed by atoms with E-state index in [9.17, 15) is 18.8 Å².